The molecule has 0 unspecified atom stereocenters. The SMILES string of the molecule is O=C1Cc2ccccc2N1N=C=S. The Morgan fingerprint density at radius 3 is 3.00 bits per heavy atom. The van der Waals surface area contributed by atoms with Gasteiger partial charge >= 0.3 is 0 Å². The predicted octanol–water partition coefficient (Wildman–Crippen LogP) is 1.59. The second kappa shape index (κ2) is 3.09. The first kappa shape index (κ1) is 8.10. The van der Waals surface area contributed by atoms with E-state index in [4.69, 9.17) is 0 Å². The molecule has 0 spiro atoms. The first-order valence-electron chi connectivity index (χ1n) is 3.81. The summed E-state index contributed by atoms with van der Waals surface area (Å²) in [5.41, 5.74) is 1.80. The van der Waals surface area contributed by atoms with E-state index in [2.05, 4.69) is 22.5 Å². The van der Waals surface area contributed by atoms with Crippen molar-refractivity contribution in [1.82, 2.24) is 0 Å². The maximum Gasteiger partial charge on any atom is 0.252 e. The van der Waals surface area contributed by atoms with E-state index >= 15 is 0 Å². The van der Waals surface area contributed by atoms with Crippen LogP contribution in [0.4, 0.5) is 5.69 Å². The lowest BCUT2D eigenvalue weighted by molar-refractivity contribution is -0.117. The highest BCUT2D eigenvalue weighted by Crippen LogP contribution is 2.28. The van der Waals surface area contributed by atoms with Crippen molar-refractivity contribution in [2.24, 2.45) is 5.10 Å². The van der Waals surface area contributed by atoms with Gasteiger partial charge in [-0.2, -0.15) is 5.01 Å². The Bertz CT molecular complexity index is 410. The van der Waals surface area contributed by atoms with Gasteiger partial charge in [0.25, 0.3) is 5.91 Å². The number of hydrogen-bond donors (Lipinski definition) is 0. The number of isothiocyanates is 1. The van der Waals surface area contributed by atoms with Crippen molar-refractivity contribution in [2.45, 2.75) is 6.42 Å². The molecule has 2 rings (SSSR count). The van der Waals surface area contributed by atoms with Gasteiger partial charge in [0.05, 0.1) is 17.3 Å². The van der Waals surface area contributed by atoms with Crippen LogP contribution in [0.1, 0.15) is 5.56 Å². The number of amides is 1. The van der Waals surface area contributed by atoms with E-state index in [0.717, 1.165) is 11.3 Å². The molecule has 1 aromatic carbocycles. The molecule has 13 heavy (non-hydrogen) atoms. The molecule has 3 nitrogen and oxygen atoms in total. The smallest absolute Gasteiger partial charge is 0.252 e. The number of carbonyl (C=O) groups is 1. The van der Waals surface area contributed by atoms with Gasteiger partial charge in [0.15, 0.2) is 0 Å². The molecule has 1 aliphatic rings. The van der Waals surface area contributed by atoms with Gasteiger partial charge in [0.1, 0.15) is 0 Å². The fourth-order valence-electron chi connectivity index (χ4n) is 1.39. The van der Waals surface area contributed by atoms with Gasteiger partial charge in [-0.3, -0.25) is 4.79 Å². The number of fused-ring (bicyclic) bond motifs is 1. The monoisotopic (exact) mass is 190 g/mol. The summed E-state index contributed by atoms with van der Waals surface area (Å²) in [6, 6.07) is 7.52. The van der Waals surface area contributed by atoms with E-state index in [0.29, 0.717) is 6.42 Å². The third kappa shape index (κ3) is 1.26. The van der Waals surface area contributed by atoms with Crippen molar-refractivity contribution in [2.75, 3.05) is 5.01 Å². The molecule has 0 bridgehead atoms. The van der Waals surface area contributed by atoms with Gasteiger partial charge < -0.3 is 0 Å². The predicted molar refractivity (Wildman–Crippen MR) is 52.7 cm³/mol. The highest BCUT2D eigenvalue weighted by Gasteiger charge is 2.26. The molecule has 1 amide bonds. The molecule has 0 saturated heterocycles. The number of thiocarbonyl (C=S) groups is 1. The second-order valence-corrected chi connectivity index (χ2v) is 2.88. The molecule has 0 saturated carbocycles. The van der Waals surface area contributed by atoms with Crippen LogP contribution in [0.15, 0.2) is 29.4 Å². The molecule has 0 atom stereocenters. The molecule has 0 aromatic heterocycles. The quantitative estimate of drug-likeness (QED) is 0.497. The van der Waals surface area contributed by atoms with E-state index in [1.807, 2.05) is 24.3 Å². The summed E-state index contributed by atoms with van der Waals surface area (Å²) in [7, 11) is 0. The zero-order valence-electron chi connectivity index (χ0n) is 6.73. The number of anilines is 1. The minimum atomic E-state index is -0.0569. The van der Waals surface area contributed by atoms with Crippen molar-refractivity contribution in [3.63, 3.8) is 0 Å². The van der Waals surface area contributed by atoms with Crippen LogP contribution < -0.4 is 5.01 Å². The van der Waals surface area contributed by atoms with Gasteiger partial charge in [0, 0.05) is 0 Å². The number of hydrogen-bond acceptors (Lipinski definition) is 3. The maximum atomic E-state index is 11.4. The Kier molecular flexibility index (Phi) is 1.93. The summed E-state index contributed by atoms with van der Waals surface area (Å²) in [6.45, 7) is 0. The average molecular weight is 190 g/mol. The number of rotatable bonds is 1. The van der Waals surface area contributed by atoms with Gasteiger partial charge in [-0.1, -0.05) is 18.2 Å². The maximum absolute atomic E-state index is 11.4. The van der Waals surface area contributed by atoms with Crippen LogP contribution in [0.5, 0.6) is 0 Å². The summed E-state index contributed by atoms with van der Waals surface area (Å²) in [5, 5.41) is 7.18. The molecule has 0 radical (unpaired) electrons. The number of nitrogens with zero attached hydrogens (tertiary/aromatic N) is 2. The first-order chi connectivity index (χ1) is 6.33. The summed E-state index contributed by atoms with van der Waals surface area (Å²) >= 11 is 4.46. The molecule has 1 aliphatic heterocycles. The Hall–Kier alpha value is -1.51. The summed E-state index contributed by atoms with van der Waals surface area (Å²) in [4.78, 5) is 11.4. The molecule has 4 heteroatoms. The van der Waals surface area contributed by atoms with E-state index in [1.165, 1.54) is 5.01 Å². The van der Waals surface area contributed by atoms with Gasteiger partial charge in [-0.05, 0) is 23.8 Å². The Morgan fingerprint density at radius 1 is 1.46 bits per heavy atom. The van der Waals surface area contributed by atoms with Crippen LogP contribution in [0.3, 0.4) is 0 Å². The fourth-order valence-corrected chi connectivity index (χ4v) is 1.47. The Morgan fingerprint density at radius 2 is 2.23 bits per heavy atom. The molecule has 0 fully saturated rings. The van der Waals surface area contributed by atoms with Crippen LogP contribution in [-0.2, 0) is 11.2 Å². The topological polar surface area (TPSA) is 32.7 Å². The first-order valence-corrected chi connectivity index (χ1v) is 4.22. The van der Waals surface area contributed by atoms with E-state index < -0.39 is 0 Å². The number of para-hydroxylation sites is 1. The van der Waals surface area contributed by atoms with Crippen molar-refractivity contribution >= 4 is 29.0 Å². The average Bonchev–Trinajstić information content (AvgIpc) is 2.44. The summed E-state index contributed by atoms with van der Waals surface area (Å²) in [5.74, 6) is -0.0569. The molecule has 1 heterocycles. The van der Waals surface area contributed by atoms with Crippen LogP contribution in [-0.4, -0.2) is 11.1 Å². The van der Waals surface area contributed by atoms with E-state index in [9.17, 15) is 4.79 Å². The van der Waals surface area contributed by atoms with Crippen LogP contribution in [0.2, 0.25) is 0 Å². The largest absolute Gasteiger partial charge is 0.272 e. The zero-order chi connectivity index (χ0) is 9.26. The number of hydrazone groups is 1. The molecular weight excluding hydrogens is 184 g/mol. The lowest BCUT2D eigenvalue weighted by Gasteiger charge is -2.06. The highest BCUT2D eigenvalue weighted by atomic mass is 32.1. The van der Waals surface area contributed by atoms with Gasteiger partial charge in [0.2, 0.25) is 0 Å². The summed E-state index contributed by atoms with van der Waals surface area (Å²) < 4.78 is 0. The standard InChI is InChI=1S/C9H6N2OS/c12-9-5-7-3-1-2-4-8(7)11(9)10-6-13/h1-4H,5H2. The van der Waals surface area contributed by atoms with Crippen molar-refractivity contribution in [3.8, 4) is 0 Å². The van der Waals surface area contributed by atoms with E-state index in [-0.39, 0.29) is 5.91 Å². The minimum absolute atomic E-state index is 0.0569. The molecule has 1 aromatic rings. The molecule has 0 aliphatic carbocycles. The third-order valence-electron chi connectivity index (χ3n) is 1.94. The summed E-state index contributed by atoms with van der Waals surface area (Å²) in [6.07, 6.45) is 0.399. The normalized spacial score (nSPS) is 13.8. The Labute approximate surface area is 80.7 Å². The minimum Gasteiger partial charge on any atom is -0.272 e. The van der Waals surface area contributed by atoms with Crippen molar-refractivity contribution in [3.05, 3.63) is 29.8 Å². The number of carbonyl (C=O) groups excluding carboxylic acids is 1. The molecule has 0 N–H and O–H groups in total. The zero-order valence-corrected chi connectivity index (χ0v) is 7.54. The molecular formula is C9H6N2OS. The third-order valence-corrected chi connectivity index (χ3v) is 2.02. The van der Waals surface area contributed by atoms with Crippen molar-refractivity contribution in [1.29, 1.82) is 0 Å². The Balaban J connectivity index is 2.52. The van der Waals surface area contributed by atoms with Crippen molar-refractivity contribution < 1.29 is 4.79 Å². The van der Waals surface area contributed by atoms with Crippen LogP contribution >= 0.6 is 12.2 Å². The van der Waals surface area contributed by atoms with E-state index in [1.54, 1.807) is 0 Å². The lowest BCUT2D eigenvalue weighted by atomic mass is 10.2. The highest BCUT2D eigenvalue weighted by molar-refractivity contribution is 7.78. The van der Waals surface area contributed by atoms with Gasteiger partial charge in [-0.25, -0.2) is 0 Å². The number of benzene rings is 1. The lowest BCUT2D eigenvalue weighted by Crippen LogP contribution is -2.19. The van der Waals surface area contributed by atoms with Crippen LogP contribution in [0.25, 0.3) is 0 Å². The van der Waals surface area contributed by atoms with Gasteiger partial charge in [-0.15, -0.1) is 5.10 Å². The molecule has 64 valence electrons. The second-order valence-electron chi connectivity index (χ2n) is 2.70. The van der Waals surface area contributed by atoms with Crippen LogP contribution in [0, 0.1) is 0 Å². The fraction of sp³-hybridized carbons (Fsp3) is 0.111.